The maximum Gasteiger partial charge on any atom is 0.326 e. The van der Waals surface area contributed by atoms with E-state index in [-0.39, 0.29) is 25.7 Å². The van der Waals surface area contributed by atoms with E-state index in [2.05, 4.69) is 31.9 Å². The number of unbranched alkanes of at least 4 members (excludes halogenated alkanes) is 3. The average molecular weight is 821 g/mol. The molecule has 0 aromatic heterocycles. The summed E-state index contributed by atoms with van der Waals surface area (Å²) in [6.07, 6.45) is 1.97. The highest BCUT2D eigenvalue weighted by molar-refractivity contribution is 5.97. The predicted molar refractivity (Wildman–Crippen MR) is 218 cm³/mol. The molecule has 0 unspecified atom stereocenters. The molecule has 0 fully saturated rings. The van der Waals surface area contributed by atoms with Crippen LogP contribution in [0.2, 0.25) is 0 Å². The van der Waals surface area contributed by atoms with E-state index in [0.29, 0.717) is 63.7 Å². The van der Waals surface area contributed by atoms with Crippen LogP contribution >= 0.6 is 0 Å². The van der Waals surface area contributed by atoms with Crippen molar-refractivity contribution in [2.24, 2.45) is 28.9 Å². The minimum atomic E-state index is -1.54. The molecule has 19 heteroatoms. The number of benzene rings is 1. The van der Waals surface area contributed by atoms with E-state index in [1.165, 1.54) is 13.8 Å². The van der Waals surface area contributed by atoms with Crippen LogP contribution in [0.3, 0.4) is 0 Å². The van der Waals surface area contributed by atoms with E-state index in [9.17, 15) is 43.8 Å². The third-order valence-corrected chi connectivity index (χ3v) is 9.36. The van der Waals surface area contributed by atoms with E-state index in [4.69, 9.17) is 22.9 Å². The maximum absolute atomic E-state index is 13.9. The summed E-state index contributed by atoms with van der Waals surface area (Å²) in [5, 5.41) is 35.9. The Kier molecular flexibility index (Phi) is 24.7. The fraction of sp³-hybridized carbons (Fsp3) is 0.667. The van der Waals surface area contributed by atoms with Crippen LogP contribution in [0.25, 0.3) is 0 Å². The van der Waals surface area contributed by atoms with Crippen LogP contribution in [0, 0.1) is 5.92 Å². The molecule has 19 nitrogen and oxygen atoms in total. The highest BCUT2D eigenvalue weighted by atomic mass is 16.4. The molecule has 328 valence electrons. The predicted octanol–water partition coefficient (Wildman–Crippen LogP) is -2.01. The highest BCUT2D eigenvalue weighted by Gasteiger charge is 2.35. The molecule has 0 radical (unpaired) electrons. The van der Waals surface area contributed by atoms with Gasteiger partial charge < -0.3 is 65.0 Å². The first-order valence-corrected chi connectivity index (χ1v) is 20.1. The molecule has 6 amide bonds. The van der Waals surface area contributed by atoms with Crippen molar-refractivity contribution in [3.63, 3.8) is 0 Å². The van der Waals surface area contributed by atoms with Gasteiger partial charge in [0, 0.05) is 6.42 Å². The summed E-state index contributed by atoms with van der Waals surface area (Å²) in [6.45, 7) is 7.04. The number of amides is 6. The maximum atomic E-state index is 13.9. The Morgan fingerprint density at radius 2 is 0.931 bits per heavy atom. The SMILES string of the molecule is CC(C)[C@H](NC(=O)[C@@H](NC(=O)[C@H](CCCCN)NC(=O)[C@H](C)N)[C@@H](C)O)C(=O)N[C@@H](CCCCN)C(=O)N[C@@H](Cc1ccccc1)C(=O)N[C@@H](CCCCN)C(=O)O. The summed E-state index contributed by atoms with van der Waals surface area (Å²) in [5.74, 6) is -6.27. The summed E-state index contributed by atoms with van der Waals surface area (Å²) >= 11 is 0. The third kappa shape index (κ3) is 19.2. The van der Waals surface area contributed by atoms with Crippen molar-refractivity contribution in [2.45, 2.75) is 140 Å². The Balaban J connectivity index is 3.32. The molecule has 0 saturated carbocycles. The Morgan fingerprint density at radius 1 is 0.534 bits per heavy atom. The van der Waals surface area contributed by atoms with Crippen LogP contribution in [-0.2, 0) is 40.0 Å². The summed E-state index contributed by atoms with van der Waals surface area (Å²) in [7, 11) is 0. The summed E-state index contributed by atoms with van der Waals surface area (Å²) in [4.78, 5) is 92.7. The quantitative estimate of drug-likeness (QED) is 0.0390. The minimum Gasteiger partial charge on any atom is -0.480 e. The van der Waals surface area contributed by atoms with Crippen molar-refractivity contribution < 1.29 is 43.8 Å². The molecule has 8 atom stereocenters. The number of carbonyl (C=O) groups is 7. The number of aliphatic carboxylic acids is 1. The topological polar surface area (TPSA) is 336 Å². The fourth-order valence-electron chi connectivity index (χ4n) is 5.88. The molecule has 0 heterocycles. The van der Waals surface area contributed by atoms with Gasteiger partial charge in [-0.25, -0.2) is 4.79 Å². The van der Waals surface area contributed by atoms with Gasteiger partial charge in [-0.3, -0.25) is 28.8 Å². The summed E-state index contributed by atoms with van der Waals surface area (Å²) in [6, 6.07) is 0.315. The lowest BCUT2D eigenvalue weighted by Crippen LogP contribution is -2.62. The average Bonchev–Trinajstić information content (AvgIpc) is 3.17. The molecular weight excluding hydrogens is 752 g/mol. The second kappa shape index (κ2) is 27.9. The second-order valence-corrected chi connectivity index (χ2v) is 14.9. The molecule has 1 aromatic rings. The fourth-order valence-corrected chi connectivity index (χ4v) is 5.88. The van der Waals surface area contributed by atoms with Crippen LogP contribution in [-0.4, -0.2) is 120 Å². The molecule has 0 aliphatic heterocycles. The number of rotatable bonds is 29. The number of nitrogens with two attached hydrogens (primary N) is 4. The molecule has 0 aliphatic carbocycles. The molecular formula is C39H68N10O9. The normalized spacial score (nSPS) is 15.3. The number of carboxylic acids is 1. The van der Waals surface area contributed by atoms with Crippen LogP contribution < -0.4 is 54.8 Å². The highest BCUT2D eigenvalue weighted by Crippen LogP contribution is 2.11. The van der Waals surface area contributed by atoms with Gasteiger partial charge in [0.05, 0.1) is 12.1 Å². The number of aliphatic hydroxyl groups excluding tert-OH is 1. The van der Waals surface area contributed by atoms with Crippen LogP contribution in [0.4, 0.5) is 0 Å². The zero-order valence-electron chi connectivity index (χ0n) is 34.3. The van der Waals surface area contributed by atoms with Crippen LogP contribution in [0.5, 0.6) is 0 Å². The van der Waals surface area contributed by atoms with Gasteiger partial charge in [0.25, 0.3) is 0 Å². The zero-order chi connectivity index (χ0) is 43.8. The molecule has 16 N–H and O–H groups in total. The molecule has 1 rings (SSSR count). The standard InChI is InChI=1S/C39H68N10O9/c1-23(2)31(48-38(56)32(25(4)50)49-35(53)28(17-9-12-20-41)44-33(51)24(3)43)37(55)45-27(16-8-11-19-40)34(52)47-30(22-26-14-6-5-7-15-26)36(54)46-29(39(57)58)18-10-13-21-42/h5-7,14-15,23-25,27-32,50H,8-13,16-22,40-43H2,1-4H3,(H,44,51)(H,45,55)(H,46,54)(H,47,52)(H,48,56)(H,49,53)(H,57,58)/t24-,25+,27-,28-,29-,30-,31-,32-/m0/s1. The summed E-state index contributed by atoms with van der Waals surface area (Å²) < 4.78 is 0. The lowest BCUT2D eigenvalue weighted by atomic mass is 10.00. The molecule has 0 bridgehead atoms. The molecule has 0 saturated heterocycles. The number of carboxylic acid groups (broad SMARTS) is 1. The largest absolute Gasteiger partial charge is 0.480 e. The van der Waals surface area contributed by atoms with Crippen molar-refractivity contribution in [1.29, 1.82) is 0 Å². The van der Waals surface area contributed by atoms with Crippen molar-refractivity contribution in [1.82, 2.24) is 31.9 Å². The van der Waals surface area contributed by atoms with E-state index in [1.807, 2.05) is 0 Å². The Hall–Kier alpha value is -4.69. The lowest BCUT2D eigenvalue weighted by Gasteiger charge is -2.29. The zero-order valence-corrected chi connectivity index (χ0v) is 34.3. The minimum absolute atomic E-state index is 0.0109. The Morgan fingerprint density at radius 3 is 1.38 bits per heavy atom. The molecule has 1 aromatic carbocycles. The van der Waals surface area contributed by atoms with Crippen molar-refractivity contribution in [3.8, 4) is 0 Å². The van der Waals surface area contributed by atoms with Gasteiger partial charge in [-0.05, 0) is 103 Å². The van der Waals surface area contributed by atoms with Gasteiger partial charge in [0.15, 0.2) is 0 Å². The van der Waals surface area contributed by atoms with Crippen molar-refractivity contribution in [3.05, 3.63) is 35.9 Å². The molecule has 58 heavy (non-hydrogen) atoms. The number of carbonyl (C=O) groups excluding carboxylic acids is 6. The van der Waals surface area contributed by atoms with Gasteiger partial charge in [0.2, 0.25) is 35.4 Å². The van der Waals surface area contributed by atoms with Crippen molar-refractivity contribution in [2.75, 3.05) is 19.6 Å². The van der Waals surface area contributed by atoms with Gasteiger partial charge in [-0.15, -0.1) is 0 Å². The van der Waals surface area contributed by atoms with E-state index >= 15 is 0 Å². The van der Waals surface area contributed by atoms with Gasteiger partial charge in [-0.2, -0.15) is 0 Å². The van der Waals surface area contributed by atoms with E-state index in [0.717, 1.165) is 0 Å². The first kappa shape index (κ1) is 51.3. The lowest BCUT2D eigenvalue weighted by molar-refractivity contribution is -0.142. The van der Waals surface area contributed by atoms with E-state index in [1.54, 1.807) is 44.2 Å². The number of aliphatic hydroxyl groups is 1. The first-order chi connectivity index (χ1) is 27.5. The number of hydrogen-bond acceptors (Lipinski definition) is 12. The van der Waals surface area contributed by atoms with Gasteiger partial charge in [-0.1, -0.05) is 44.2 Å². The van der Waals surface area contributed by atoms with Crippen LogP contribution in [0.15, 0.2) is 30.3 Å². The number of hydrogen-bond donors (Lipinski definition) is 12. The second-order valence-electron chi connectivity index (χ2n) is 14.9. The van der Waals surface area contributed by atoms with Crippen molar-refractivity contribution >= 4 is 41.4 Å². The smallest absolute Gasteiger partial charge is 0.326 e. The molecule has 0 spiro atoms. The van der Waals surface area contributed by atoms with Gasteiger partial charge >= 0.3 is 5.97 Å². The Bertz CT molecular complexity index is 1450. The third-order valence-electron chi connectivity index (χ3n) is 9.36. The summed E-state index contributed by atoms with van der Waals surface area (Å²) in [5.41, 5.74) is 23.2. The van der Waals surface area contributed by atoms with Gasteiger partial charge in [0.1, 0.15) is 36.3 Å². The number of nitrogens with one attached hydrogen (secondary N) is 6. The monoisotopic (exact) mass is 821 g/mol. The van der Waals surface area contributed by atoms with Crippen LogP contribution in [0.1, 0.15) is 91.0 Å². The molecule has 0 aliphatic rings. The Labute approximate surface area is 341 Å². The first-order valence-electron chi connectivity index (χ1n) is 20.1. The van der Waals surface area contributed by atoms with E-state index < -0.39 is 95.7 Å².